The van der Waals surface area contributed by atoms with E-state index >= 15 is 0 Å². The largest absolute Gasteiger partial charge is 0.382 e. The summed E-state index contributed by atoms with van der Waals surface area (Å²) in [5.41, 5.74) is 5.43. The lowest BCUT2D eigenvalue weighted by atomic mass is 10.3. The van der Waals surface area contributed by atoms with Gasteiger partial charge in [0.1, 0.15) is 4.21 Å². The first-order valence-corrected chi connectivity index (χ1v) is 8.25. The van der Waals surface area contributed by atoms with Gasteiger partial charge < -0.3 is 15.2 Å². The van der Waals surface area contributed by atoms with Gasteiger partial charge in [-0.3, -0.25) is 0 Å². The lowest BCUT2D eigenvalue weighted by Crippen LogP contribution is -2.27. The maximum absolute atomic E-state index is 11.9. The van der Waals surface area contributed by atoms with Crippen molar-refractivity contribution in [1.82, 2.24) is 4.72 Å². The quantitative estimate of drug-likeness (QED) is 0.602. The van der Waals surface area contributed by atoms with E-state index in [0.717, 1.165) is 4.88 Å². The van der Waals surface area contributed by atoms with Crippen molar-refractivity contribution in [2.24, 2.45) is 5.73 Å². The van der Waals surface area contributed by atoms with Crippen LogP contribution in [0.4, 0.5) is 0 Å². The highest BCUT2D eigenvalue weighted by Gasteiger charge is 2.15. The Morgan fingerprint density at radius 3 is 2.79 bits per heavy atom. The summed E-state index contributed by atoms with van der Waals surface area (Å²) in [5.74, 6) is 0. The Bertz CT molecular complexity index is 459. The van der Waals surface area contributed by atoms with Gasteiger partial charge in [-0.25, -0.2) is 13.1 Å². The summed E-state index contributed by atoms with van der Waals surface area (Å²) in [6.45, 7) is 2.04. The highest BCUT2D eigenvalue weighted by atomic mass is 32.2. The average molecular weight is 308 g/mol. The number of nitrogens with one attached hydrogen (secondary N) is 1. The second kappa shape index (κ2) is 8.62. The molecule has 0 atom stereocenters. The predicted octanol–water partition coefficient (Wildman–Crippen LogP) is 0.191. The maximum Gasteiger partial charge on any atom is 0.250 e. The standard InChI is InChI=1S/C11H20N2O4S2/c1-16-8-9-17-7-6-13-19(14,15)11-3-2-10(18-11)4-5-12/h2-3,13H,4-9,12H2,1H3. The third kappa shape index (κ3) is 5.98. The van der Waals surface area contributed by atoms with Crippen molar-refractivity contribution < 1.29 is 17.9 Å². The van der Waals surface area contributed by atoms with Crippen LogP contribution in [-0.4, -0.2) is 48.4 Å². The molecule has 110 valence electrons. The predicted molar refractivity (Wildman–Crippen MR) is 75.0 cm³/mol. The van der Waals surface area contributed by atoms with Gasteiger partial charge in [-0.15, -0.1) is 11.3 Å². The summed E-state index contributed by atoms with van der Waals surface area (Å²) in [5, 5.41) is 0. The number of thiophene rings is 1. The van der Waals surface area contributed by atoms with E-state index in [1.807, 2.05) is 0 Å². The molecule has 1 heterocycles. The fourth-order valence-corrected chi connectivity index (χ4v) is 3.77. The minimum atomic E-state index is -3.43. The normalized spacial score (nSPS) is 11.9. The molecule has 19 heavy (non-hydrogen) atoms. The summed E-state index contributed by atoms with van der Waals surface area (Å²) in [6, 6.07) is 3.39. The molecule has 0 aliphatic carbocycles. The SMILES string of the molecule is COCCOCCNS(=O)(=O)c1ccc(CCN)s1. The molecule has 0 spiro atoms. The molecule has 0 saturated carbocycles. The third-order valence-electron chi connectivity index (χ3n) is 2.26. The monoisotopic (exact) mass is 308 g/mol. The molecule has 0 unspecified atom stereocenters. The molecule has 0 aromatic carbocycles. The van der Waals surface area contributed by atoms with Crippen molar-refractivity contribution in [2.75, 3.05) is 40.0 Å². The molecular weight excluding hydrogens is 288 g/mol. The smallest absolute Gasteiger partial charge is 0.250 e. The number of ether oxygens (including phenoxy) is 2. The molecule has 0 aliphatic rings. The number of hydrogen-bond acceptors (Lipinski definition) is 6. The lowest BCUT2D eigenvalue weighted by Gasteiger charge is -2.05. The maximum atomic E-state index is 11.9. The van der Waals surface area contributed by atoms with Crippen molar-refractivity contribution >= 4 is 21.4 Å². The Kier molecular flexibility index (Phi) is 7.51. The van der Waals surface area contributed by atoms with Crippen molar-refractivity contribution in [3.05, 3.63) is 17.0 Å². The third-order valence-corrected chi connectivity index (χ3v) is 5.36. The van der Waals surface area contributed by atoms with Gasteiger partial charge in [-0.2, -0.15) is 0 Å². The molecular formula is C11H20N2O4S2. The van der Waals surface area contributed by atoms with E-state index in [4.69, 9.17) is 15.2 Å². The first kappa shape index (κ1) is 16.5. The summed E-state index contributed by atoms with van der Waals surface area (Å²) in [6.07, 6.45) is 0.695. The molecule has 0 amide bonds. The van der Waals surface area contributed by atoms with Gasteiger partial charge in [0.15, 0.2) is 0 Å². The van der Waals surface area contributed by atoms with E-state index in [2.05, 4.69) is 4.72 Å². The zero-order valence-corrected chi connectivity index (χ0v) is 12.6. The van der Waals surface area contributed by atoms with Crippen molar-refractivity contribution in [3.8, 4) is 0 Å². The highest BCUT2D eigenvalue weighted by molar-refractivity contribution is 7.91. The molecule has 0 radical (unpaired) electrons. The molecule has 1 rings (SSSR count). The van der Waals surface area contributed by atoms with E-state index < -0.39 is 10.0 Å². The second-order valence-corrected chi connectivity index (χ2v) is 6.92. The van der Waals surface area contributed by atoms with Crippen LogP contribution in [0.2, 0.25) is 0 Å². The Morgan fingerprint density at radius 2 is 2.11 bits per heavy atom. The summed E-state index contributed by atoms with van der Waals surface area (Å²) in [7, 11) is -1.85. The highest BCUT2D eigenvalue weighted by Crippen LogP contribution is 2.21. The molecule has 0 bridgehead atoms. The van der Waals surface area contributed by atoms with Crippen LogP contribution >= 0.6 is 11.3 Å². The summed E-state index contributed by atoms with van der Waals surface area (Å²) >= 11 is 1.25. The molecule has 8 heteroatoms. The van der Waals surface area contributed by atoms with Crippen molar-refractivity contribution in [2.45, 2.75) is 10.6 Å². The Morgan fingerprint density at radius 1 is 1.32 bits per heavy atom. The first-order chi connectivity index (χ1) is 9.10. The van der Waals surface area contributed by atoms with Crippen LogP contribution in [0.3, 0.4) is 0 Å². The molecule has 6 nitrogen and oxygen atoms in total. The fraction of sp³-hybridized carbons (Fsp3) is 0.636. The average Bonchev–Trinajstić information content (AvgIpc) is 2.83. The molecule has 0 aliphatic heterocycles. The zero-order chi connectivity index (χ0) is 14.1. The van der Waals surface area contributed by atoms with Gasteiger partial charge in [-0.1, -0.05) is 0 Å². The molecule has 3 N–H and O–H groups in total. The van der Waals surface area contributed by atoms with E-state index in [9.17, 15) is 8.42 Å². The molecule has 0 saturated heterocycles. The second-order valence-electron chi connectivity index (χ2n) is 3.76. The van der Waals surface area contributed by atoms with Crippen LogP contribution in [0.15, 0.2) is 16.3 Å². The van der Waals surface area contributed by atoms with E-state index in [0.29, 0.717) is 37.0 Å². The number of sulfonamides is 1. The van der Waals surface area contributed by atoms with Crippen LogP contribution in [0.1, 0.15) is 4.88 Å². The summed E-state index contributed by atoms with van der Waals surface area (Å²) in [4.78, 5) is 0.971. The Balaban J connectivity index is 2.38. The summed E-state index contributed by atoms with van der Waals surface area (Å²) < 4.78 is 36.7. The van der Waals surface area contributed by atoms with Crippen LogP contribution < -0.4 is 10.5 Å². The minimum Gasteiger partial charge on any atom is -0.382 e. The van der Waals surface area contributed by atoms with Gasteiger partial charge in [0.25, 0.3) is 0 Å². The van der Waals surface area contributed by atoms with Gasteiger partial charge in [0, 0.05) is 18.5 Å². The van der Waals surface area contributed by atoms with Crippen LogP contribution in [0.25, 0.3) is 0 Å². The van der Waals surface area contributed by atoms with E-state index in [1.54, 1.807) is 19.2 Å². The number of nitrogens with two attached hydrogens (primary N) is 1. The first-order valence-electron chi connectivity index (χ1n) is 5.95. The Hall–Kier alpha value is -0.510. The van der Waals surface area contributed by atoms with E-state index in [1.165, 1.54) is 11.3 Å². The van der Waals surface area contributed by atoms with Gasteiger partial charge in [0.2, 0.25) is 10.0 Å². The molecule has 1 aromatic heterocycles. The van der Waals surface area contributed by atoms with E-state index in [-0.39, 0.29) is 6.54 Å². The number of hydrogen-bond donors (Lipinski definition) is 2. The lowest BCUT2D eigenvalue weighted by molar-refractivity contribution is 0.0736. The van der Waals surface area contributed by atoms with Crippen molar-refractivity contribution in [3.63, 3.8) is 0 Å². The van der Waals surface area contributed by atoms with Crippen LogP contribution in [0, 0.1) is 0 Å². The minimum absolute atomic E-state index is 0.246. The zero-order valence-electron chi connectivity index (χ0n) is 10.9. The topological polar surface area (TPSA) is 90.6 Å². The fourth-order valence-electron chi connectivity index (χ4n) is 1.34. The van der Waals surface area contributed by atoms with Crippen LogP contribution in [-0.2, 0) is 25.9 Å². The molecule has 1 aromatic rings. The van der Waals surface area contributed by atoms with Crippen LogP contribution in [0.5, 0.6) is 0 Å². The van der Waals surface area contributed by atoms with Gasteiger partial charge >= 0.3 is 0 Å². The molecule has 0 fully saturated rings. The number of methoxy groups -OCH3 is 1. The van der Waals surface area contributed by atoms with Gasteiger partial charge in [-0.05, 0) is 25.1 Å². The Labute approximate surface area is 118 Å². The number of rotatable bonds is 10. The van der Waals surface area contributed by atoms with Crippen molar-refractivity contribution in [1.29, 1.82) is 0 Å². The van der Waals surface area contributed by atoms with Gasteiger partial charge in [0.05, 0.1) is 19.8 Å².